The number of hydrogen-bond donors (Lipinski definition) is 1. The van der Waals surface area contributed by atoms with Gasteiger partial charge in [-0.05, 0) is 41.7 Å². The van der Waals surface area contributed by atoms with Gasteiger partial charge in [0.1, 0.15) is 12.8 Å². The molecule has 0 atom stereocenters. The molecule has 0 unspecified atom stereocenters. The van der Waals surface area contributed by atoms with Crippen molar-refractivity contribution in [3.05, 3.63) is 65.2 Å². The lowest BCUT2D eigenvalue weighted by atomic mass is 9.84. The largest absolute Gasteiger partial charge is 0.493 e. The van der Waals surface area contributed by atoms with E-state index >= 15 is 0 Å². The fourth-order valence-electron chi connectivity index (χ4n) is 5.29. The van der Waals surface area contributed by atoms with Crippen molar-refractivity contribution in [3.8, 4) is 16.3 Å². The monoisotopic (exact) mass is 577 g/mol. The Kier molecular flexibility index (Phi) is 13.9. The summed E-state index contributed by atoms with van der Waals surface area (Å²) < 4.78 is 8.54. The quantitative estimate of drug-likeness (QED) is 0.121. The predicted molar refractivity (Wildman–Crippen MR) is 175 cm³/mol. The summed E-state index contributed by atoms with van der Waals surface area (Å²) in [6.07, 6.45) is 18.3. The number of aryl methyl sites for hydroxylation is 1. The number of carbonyl (C=O) groups is 1. The third-order valence-corrected chi connectivity index (χ3v) is 8.70. The van der Waals surface area contributed by atoms with Gasteiger partial charge in [-0.15, -0.1) is 0 Å². The van der Waals surface area contributed by atoms with Crippen LogP contribution in [0.3, 0.4) is 0 Å². The number of rotatable bonds is 18. The van der Waals surface area contributed by atoms with Crippen molar-refractivity contribution in [2.24, 2.45) is 7.05 Å². The molecule has 1 heterocycles. The van der Waals surface area contributed by atoms with E-state index in [2.05, 4.69) is 73.4 Å². The van der Waals surface area contributed by atoms with Crippen LogP contribution in [0.5, 0.6) is 5.75 Å². The first-order chi connectivity index (χ1) is 19.8. The Labute approximate surface area is 253 Å². The Hall–Kier alpha value is -2.66. The van der Waals surface area contributed by atoms with Gasteiger partial charge in [0.25, 0.3) is 5.01 Å². The summed E-state index contributed by atoms with van der Waals surface area (Å²) in [7, 11) is 2.05. The summed E-state index contributed by atoms with van der Waals surface area (Å²) in [6, 6.07) is 14.3. The minimum atomic E-state index is -0.0634. The second-order valence-corrected chi connectivity index (χ2v) is 13.3. The van der Waals surface area contributed by atoms with Crippen molar-refractivity contribution in [2.45, 2.75) is 117 Å². The second-order valence-electron chi connectivity index (χ2n) is 12.4. The van der Waals surface area contributed by atoms with Crippen LogP contribution in [0.4, 0.5) is 5.69 Å². The first-order valence-corrected chi connectivity index (χ1v) is 16.8. The number of nitrogens with zero attached hydrogens (tertiary/aromatic N) is 1. The fourth-order valence-corrected chi connectivity index (χ4v) is 6.16. The molecule has 0 fully saturated rings. The molecule has 0 saturated carbocycles. The molecule has 3 aromatic rings. The van der Waals surface area contributed by atoms with E-state index in [0.29, 0.717) is 13.0 Å². The van der Waals surface area contributed by atoms with Crippen LogP contribution < -0.4 is 14.6 Å². The van der Waals surface area contributed by atoms with Gasteiger partial charge in [0, 0.05) is 11.3 Å². The lowest BCUT2D eigenvalue weighted by molar-refractivity contribution is -0.655. The van der Waals surface area contributed by atoms with E-state index in [9.17, 15) is 4.79 Å². The molecule has 4 nitrogen and oxygen atoms in total. The maximum atomic E-state index is 13.1. The SMILES string of the molecule is CCCCCCCCCCCCCCOc1c(CC(=O)Nc2ccc(-c3scc[n+]3C)cc2)cccc1C(C)(C)C. The number of hydrogen-bond acceptors (Lipinski definition) is 3. The van der Waals surface area contributed by atoms with E-state index in [1.54, 1.807) is 11.3 Å². The number of thiazole rings is 1. The molecule has 0 aliphatic carbocycles. The molecule has 2 aromatic carbocycles. The summed E-state index contributed by atoms with van der Waals surface area (Å²) in [5.74, 6) is 0.861. The summed E-state index contributed by atoms with van der Waals surface area (Å²) in [4.78, 5) is 13.1. The highest BCUT2D eigenvalue weighted by atomic mass is 32.1. The molecule has 0 radical (unpaired) electrons. The van der Waals surface area contributed by atoms with Gasteiger partial charge in [0.05, 0.1) is 24.0 Å². The number of amides is 1. The highest BCUT2D eigenvalue weighted by molar-refractivity contribution is 7.12. The van der Waals surface area contributed by atoms with Crippen molar-refractivity contribution in [2.75, 3.05) is 11.9 Å². The number of carbonyl (C=O) groups excluding carboxylic acids is 1. The van der Waals surface area contributed by atoms with Crippen LogP contribution in [0, 0.1) is 0 Å². The van der Waals surface area contributed by atoms with Gasteiger partial charge in [0.15, 0.2) is 6.20 Å². The maximum absolute atomic E-state index is 13.1. The zero-order valence-corrected chi connectivity index (χ0v) is 27.1. The van der Waals surface area contributed by atoms with Crippen LogP contribution in [0.1, 0.15) is 116 Å². The van der Waals surface area contributed by atoms with Crippen LogP contribution in [0.15, 0.2) is 54.0 Å². The van der Waals surface area contributed by atoms with Crippen molar-refractivity contribution < 1.29 is 14.1 Å². The van der Waals surface area contributed by atoms with E-state index < -0.39 is 0 Å². The van der Waals surface area contributed by atoms with E-state index in [4.69, 9.17) is 4.74 Å². The molecule has 3 rings (SSSR count). The van der Waals surface area contributed by atoms with Crippen LogP contribution in [0.2, 0.25) is 0 Å². The van der Waals surface area contributed by atoms with Crippen molar-refractivity contribution in [1.29, 1.82) is 0 Å². The van der Waals surface area contributed by atoms with Gasteiger partial charge < -0.3 is 10.1 Å². The number of nitrogens with one attached hydrogen (secondary N) is 1. The molecule has 224 valence electrons. The van der Waals surface area contributed by atoms with Gasteiger partial charge in [-0.25, -0.2) is 0 Å². The Morgan fingerprint density at radius 3 is 2.02 bits per heavy atom. The van der Waals surface area contributed by atoms with Crippen LogP contribution in [-0.2, 0) is 23.7 Å². The van der Waals surface area contributed by atoms with Gasteiger partial charge in [0.2, 0.25) is 5.91 Å². The second kappa shape index (κ2) is 17.3. The lowest BCUT2D eigenvalue weighted by Crippen LogP contribution is -2.26. The smallest absolute Gasteiger partial charge is 0.268 e. The van der Waals surface area contributed by atoms with Gasteiger partial charge in [-0.2, -0.15) is 4.57 Å². The Morgan fingerprint density at radius 2 is 1.46 bits per heavy atom. The fraction of sp³-hybridized carbons (Fsp3) is 0.556. The normalized spacial score (nSPS) is 11.5. The summed E-state index contributed by atoms with van der Waals surface area (Å²) in [5, 5.41) is 6.35. The Morgan fingerprint density at radius 1 is 0.854 bits per heavy atom. The van der Waals surface area contributed by atoms with Crippen LogP contribution >= 0.6 is 11.3 Å². The molecule has 0 saturated heterocycles. The molecular formula is C36H53N2O2S+. The van der Waals surface area contributed by atoms with E-state index in [0.717, 1.165) is 34.5 Å². The van der Waals surface area contributed by atoms with E-state index in [1.165, 1.54) is 75.6 Å². The maximum Gasteiger partial charge on any atom is 0.268 e. The average Bonchev–Trinajstić information content (AvgIpc) is 3.37. The predicted octanol–water partition coefficient (Wildman–Crippen LogP) is 9.80. The summed E-state index contributed by atoms with van der Waals surface area (Å²) in [5.41, 5.74) is 4.01. The molecule has 0 aliphatic rings. The molecule has 41 heavy (non-hydrogen) atoms. The van der Waals surface area contributed by atoms with Gasteiger partial charge in [-0.3, -0.25) is 4.79 Å². The summed E-state index contributed by atoms with van der Waals surface area (Å²) >= 11 is 1.71. The first-order valence-electron chi connectivity index (χ1n) is 15.9. The Balaban J connectivity index is 1.47. The topological polar surface area (TPSA) is 42.2 Å². The molecule has 0 aliphatic heterocycles. The van der Waals surface area contributed by atoms with Crippen LogP contribution in [-0.4, -0.2) is 12.5 Å². The highest BCUT2D eigenvalue weighted by Crippen LogP contribution is 2.35. The van der Waals surface area contributed by atoms with E-state index in [-0.39, 0.29) is 11.3 Å². The molecule has 1 N–H and O–H groups in total. The zero-order chi connectivity index (χ0) is 29.5. The van der Waals surface area contributed by atoms with Crippen molar-refractivity contribution in [3.63, 3.8) is 0 Å². The lowest BCUT2D eigenvalue weighted by Gasteiger charge is -2.25. The number of anilines is 1. The molecule has 1 amide bonds. The molecule has 0 spiro atoms. The Bertz CT molecular complexity index is 1180. The third kappa shape index (κ3) is 11.3. The number of aromatic nitrogens is 1. The third-order valence-electron chi connectivity index (χ3n) is 7.70. The number of unbranched alkanes of at least 4 members (excludes halogenated alkanes) is 11. The van der Waals surface area contributed by atoms with Gasteiger partial charge >= 0.3 is 0 Å². The zero-order valence-electron chi connectivity index (χ0n) is 26.3. The highest BCUT2D eigenvalue weighted by Gasteiger charge is 2.22. The number of para-hydroxylation sites is 1. The van der Waals surface area contributed by atoms with E-state index in [1.807, 2.05) is 25.2 Å². The molecule has 0 bridgehead atoms. The summed E-state index contributed by atoms with van der Waals surface area (Å²) in [6.45, 7) is 9.59. The number of ether oxygens (including phenoxy) is 1. The average molecular weight is 578 g/mol. The van der Waals surface area contributed by atoms with Crippen molar-refractivity contribution in [1.82, 2.24) is 0 Å². The molecule has 1 aromatic heterocycles. The number of benzene rings is 2. The minimum Gasteiger partial charge on any atom is -0.493 e. The van der Waals surface area contributed by atoms with Crippen molar-refractivity contribution >= 4 is 22.9 Å². The van der Waals surface area contributed by atoms with Crippen LogP contribution in [0.25, 0.3) is 10.6 Å². The molecular weight excluding hydrogens is 524 g/mol. The standard InChI is InChI=1S/C36H52N2O2S/c1-6-7-8-9-10-11-12-13-14-15-16-17-26-40-34-30(19-18-20-32(34)36(2,3)4)28-33(39)37-31-23-21-29(22-24-31)35-38(5)25-27-41-35/h18-25,27H,6-17,26,28H2,1-5H3/p+1. The molecule has 5 heteroatoms. The van der Waals surface area contributed by atoms with Gasteiger partial charge in [-0.1, -0.05) is 128 Å². The minimum absolute atomic E-state index is 0.0271. The first kappa shape index (κ1) is 32.8.